The third-order valence-electron chi connectivity index (χ3n) is 3.48. The van der Waals surface area contributed by atoms with E-state index in [4.69, 9.17) is 5.11 Å². The number of rotatable bonds is 4. The van der Waals surface area contributed by atoms with Crippen LogP contribution in [0.25, 0.3) is 0 Å². The maximum atomic E-state index is 12.0. The lowest BCUT2D eigenvalue weighted by Crippen LogP contribution is -2.44. The zero-order valence-electron chi connectivity index (χ0n) is 11.3. The number of carbonyl (C=O) groups is 1. The van der Waals surface area contributed by atoms with Crippen LogP contribution in [-0.2, 0) is 13.0 Å². The molecule has 0 radical (unpaired) electrons. The van der Waals surface area contributed by atoms with E-state index in [2.05, 4.69) is 17.2 Å². The predicted molar refractivity (Wildman–Crippen MR) is 75.1 cm³/mol. The fourth-order valence-electron chi connectivity index (χ4n) is 2.19. The van der Waals surface area contributed by atoms with E-state index < -0.39 is 0 Å². The highest BCUT2D eigenvalue weighted by Gasteiger charge is 2.21. The Hall–Kier alpha value is -1.14. The molecule has 2 N–H and O–H groups in total. The van der Waals surface area contributed by atoms with E-state index in [1.54, 1.807) is 11.3 Å². The molecule has 0 saturated carbocycles. The first-order chi connectivity index (χ1) is 9.22. The Morgan fingerprint density at radius 2 is 2.32 bits per heavy atom. The minimum atomic E-state index is -0.0255. The number of hydrogen-bond donors (Lipinski definition) is 2. The second-order valence-electron chi connectivity index (χ2n) is 4.86. The van der Waals surface area contributed by atoms with Gasteiger partial charge < -0.3 is 15.3 Å². The Bertz CT molecular complexity index is 414. The number of urea groups is 1. The van der Waals surface area contributed by atoms with E-state index in [1.807, 2.05) is 10.3 Å². The van der Waals surface area contributed by atoms with Crippen molar-refractivity contribution in [1.29, 1.82) is 0 Å². The Morgan fingerprint density at radius 1 is 1.58 bits per heavy atom. The van der Waals surface area contributed by atoms with Gasteiger partial charge in [0, 0.05) is 25.1 Å². The number of piperidine rings is 1. The number of aryl methyl sites for hydroxylation is 1. The van der Waals surface area contributed by atoms with Crippen LogP contribution in [0.2, 0.25) is 0 Å². The summed E-state index contributed by atoms with van der Waals surface area (Å²) in [6, 6.07) is -0.0255. The van der Waals surface area contributed by atoms with Crippen molar-refractivity contribution in [3.8, 4) is 0 Å². The minimum absolute atomic E-state index is 0.0255. The molecule has 106 valence electrons. The summed E-state index contributed by atoms with van der Waals surface area (Å²) < 4.78 is 0. The molecule has 2 amide bonds. The predicted octanol–water partition coefficient (Wildman–Crippen LogP) is 1.62. The van der Waals surface area contributed by atoms with Crippen molar-refractivity contribution < 1.29 is 9.90 Å². The summed E-state index contributed by atoms with van der Waals surface area (Å²) in [7, 11) is 0. The molecule has 2 rings (SSSR count). The van der Waals surface area contributed by atoms with Gasteiger partial charge in [-0.05, 0) is 25.2 Å². The number of nitrogens with zero attached hydrogens (tertiary/aromatic N) is 2. The molecule has 0 bridgehead atoms. The van der Waals surface area contributed by atoms with Crippen LogP contribution in [0.4, 0.5) is 4.79 Å². The second kappa shape index (κ2) is 6.86. The topological polar surface area (TPSA) is 65.5 Å². The molecule has 1 aromatic rings. The summed E-state index contributed by atoms with van der Waals surface area (Å²) >= 11 is 1.64. The summed E-state index contributed by atoms with van der Waals surface area (Å²) in [6.45, 7) is 4.26. The Kier molecular flexibility index (Phi) is 5.15. The first-order valence-corrected chi connectivity index (χ1v) is 7.67. The van der Waals surface area contributed by atoms with Crippen molar-refractivity contribution in [3.05, 3.63) is 16.1 Å². The monoisotopic (exact) mass is 283 g/mol. The Balaban J connectivity index is 1.75. The van der Waals surface area contributed by atoms with Crippen molar-refractivity contribution in [1.82, 2.24) is 15.2 Å². The lowest BCUT2D eigenvalue weighted by molar-refractivity contribution is 0.137. The summed E-state index contributed by atoms with van der Waals surface area (Å²) in [5, 5.41) is 15.1. The lowest BCUT2D eigenvalue weighted by atomic mass is 9.98. The van der Waals surface area contributed by atoms with Crippen LogP contribution < -0.4 is 5.32 Å². The molecule has 0 aromatic carbocycles. The molecule has 1 aliphatic heterocycles. The van der Waals surface area contributed by atoms with Gasteiger partial charge in [0.15, 0.2) is 0 Å². The SMILES string of the molecule is CCc1nc(CNC(=O)N2CCC(CO)CC2)cs1. The van der Waals surface area contributed by atoms with Crippen molar-refractivity contribution in [2.24, 2.45) is 5.92 Å². The first-order valence-electron chi connectivity index (χ1n) is 6.79. The van der Waals surface area contributed by atoms with Crippen LogP contribution in [-0.4, -0.2) is 40.7 Å². The zero-order chi connectivity index (χ0) is 13.7. The van der Waals surface area contributed by atoms with Gasteiger partial charge in [0.05, 0.1) is 17.2 Å². The van der Waals surface area contributed by atoms with Crippen molar-refractivity contribution in [3.63, 3.8) is 0 Å². The van der Waals surface area contributed by atoms with Gasteiger partial charge >= 0.3 is 6.03 Å². The molecule has 0 aliphatic carbocycles. The number of aliphatic hydroxyl groups is 1. The first kappa shape index (κ1) is 14.3. The molecule has 5 nitrogen and oxygen atoms in total. The van der Waals surface area contributed by atoms with Gasteiger partial charge in [-0.2, -0.15) is 0 Å². The quantitative estimate of drug-likeness (QED) is 0.882. The summed E-state index contributed by atoms with van der Waals surface area (Å²) in [4.78, 5) is 18.2. The Morgan fingerprint density at radius 3 is 2.89 bits per heavy atom. The highest BCUT2D eigenvalue weighted by Crippen LogP contribution is 2.16. The molecular weight excluding hydrogens is 262 g/mol. The molecule has 0 atom stereocenters. The number of aromatic nitrogens is 1. The fraction of sp³-hybridized carbons (Fsp3) is 0.692. The molecule has 0 spiro atoms. The van der Waals surface area contributed by atoms with Crippen molar-refractivity contribution in [2.75, 3.05) is 19.7 Å². The molecule has 0 unspecified atom stereocenters. The number of carbonyl (C=O) groups excluding carboxylic acids is 1. The van der Waals surface area contributed by atoms with Crippen LogP contribution in [0.15, 0.2) is 5.38 Å². The molecule has 6 heteroatoms. The van der Waals surface area contributed by atoms with E-state index >= 15 is 0 Å². The van der Waals surface area contributed by atoms with Gasteiger partial charge in [-0.1, -0.05) is 6.92 Å². The van der Waals surface area contributed by atoms with E-state index in [0.29, 0.717) is 12.5 Å². The molecular formula is C13H21N3O2S. The second-order valence-corrected chi connectivity index (χ2v) is 5.80. The van der Waals surface area contributed by atoms with Crippen LogP contribution in [0.5, 0.6) is 0 Å². The maximum absolute atomic E-state index is 12.0. The average molecular weight is 283 g/mol. The molecule has 1 aliphatic rings. The molecule has 1 aromatic heterocycles. The normalized spacial score (nSPS) is 16.6. The van der Waals surface area contributed by atoms with E-state index in [1.165, 1.54) is 0 Å². The third-order valence-corrected chi connectivity index (χ3v) is 4.52. The standard InChI is InChI=1S/C13H21N3O2S/c1-2-12-15-11(9-19-12)7-14-13(18)16-5-3-10(8-17)4-6-16/h9-10,17H,2-8H2,1H3,(H,14,18). The minimum Gasteiger partial charge on any atom is -0.396 e. The fourth-order valence-corrected chi connectivity index (χ4v) is 2.93. The number of nitrogens with one attached hydrogen (secondary N) is 1. The van der Waals surface area contributed by atoms with Gasteiger partial charge in [0.2, 0.25) is 0 Å². The third kappa shape index (κ3) is 3.91. The van der Waals surface area contributed by atoms with Crippen LogP contribution >= 0.6 is 11.3 Å². The van der Waals surface area contributed by atoms with Gasteiger partial charge in [-0.25, -0.2) is 9.78 Å². The summed E-state index contributed by atoms with van der Waals surface area (Å²) in [5.74, 6) is 0.356. The van der Waals surface area contributed by atoms with E-state index in [0.717, 1.165) is 43.1 Å². The highest BCUT2D eigenvalue weighted by atomic mass is 32.1. The van der Waals surface area contributed by atoms with Crippen LogP contribution in [0.1, 0.15) is 30.5 Å². The van der Waals surface area contributed by atoms with Gasteiger partial charge in [0.25, 0.3) is 0 Å². The maximum Gasteiger partial charge on any atom is 0.317 e. The number of amides is 2. The van der Waals surface area contributed by atoms with Gasteiger partial charge in [-0.3, -0.25) is 0 Å². The molecule has 1 saturated heterocycles. The highest BCUT2D eigenvalue weighted by molar-refractivity contribution is 7.09. The molecule has 19 heavy (non-hydrogen) atoms. The number of thiazole rings is 1. The van der Waals surface area contributed by atoms with Crippen LogP contribution in [0, 0.1) is 5.92 Å². The van der Waals surface area contributed by atoms with Crippen molar-refractivity contribution in [2.45, 2.75) is 32.7 Å². The van der Waals surface area contributed by atoms with Gasteiger partial charge in [0.1, 0.15) is 0 Å². The number of hydrogen-bond acceptors (Lipinski definition) is 4. The van der Waals surface area contributed by atoms with Crippen molar-refractivity contribution >= 4 is 17.4 Å². The summed E-state index contributed by atoms with van der Waals surface area (Å²) in [6.07, 6.45) is 2.72. The average Bonchev–Trinajstić information content (AvgIpc) is 2.93. The zero-order valence-corrected chi connectivity index (χ0v) is 12.1. The molecule has 2 heterocycles. The smallest absolute Gasteiger partial charge is 0.317 e. The number of likely N-dealkylation sites (tertiary alicyclic amines) is 1. The lowest BCUT2D eigenvalue weighted by Gasteiger charge is -2.31. The van der Waals surface area contributed by atoms with E-state index in [-0.39, 0.29) is 12.6 Å². The largest absolute Gasteiger partial charge is 0.396 e. The van der Waals surface area contributed by atoms with Gasteiger partial charge in [-0.15, -0.1) is 11.3 Å². The summed E-state index contributed by atoms with van der Waals surface area (Å²) in [5.41, 5.74) is 0.931. The Labute approximate surface area is 117 Å². The van der Waals surface area contributed by atoms with Crippen LogP contribution in [0.3, 0.4) is 0 Å². The number of aliphatic hydroxyl groups excluding tert-OH is 1. The molecule has 1 fully saturated rings. The van der Waals surface area contributed by atoms with E-state index in [9.17, 15) is 4.79 Å².